The largest absolute Gasteiger partial charge is 0.342 e. The molecule has 7 nitrogen and oxygen atoms in total. The van der Waals surface area contributed by atoms with Gasteiger partial charge in [0.1, 0.15) is 17.0 Å². The Morgan fingerprint density at radius 3 is 2.55 bits per heavy atom. The SMILES string of the molecule is CC(C)CCN1C(=O)C(CC(=O)N2CCC(N3CCc4ccccc4NC3=O)CC2)SC1c1ccc(F)cc1F. The van der Waals surface area contributed by atoms with Crippen LogP contribution in [0.15, 0.2) is 42.5 Å². The Labute approximate surface area is 238 Å². The molecule has 2 fully saturated rings. The molecule has 2 saturated heterocycles. The molecule has 2 aromatic rings. The summed E-state index contributed by atoms with van der Waals surface area (Å²) in [4.78, 5) is 44.9. The number of rotatable bonds is 7. The minimum Gasteiger partial charge on any atom is -0.342 e. The molecule has 0 aromatic heterocycles. The van der Waals surface area contributed by atoms with Crippen molar-refractivity contribution < 1.29 is 23.2 Å². The van der Waals surface area contributed by atoms with Gasteiger partial charge in [-0.3, -0.25) is 9.59 Å². The highest BCUT2D eigenvalue weighted by Gasteiger charge is 2.43. The van der Waals surface area contributed by atoms with E-state index in [4.69, 9.17) is 0 Å². The van der Waals surface area contributed by atoms with Crippen molar-refractivity contribution in [3.63, 3.8) is 0 Å². The van der Waals surface area contributed by atoms with Crippen molar-refractivity contribution >= 4 is 35.3 Å². The molecule has 0 saturated carbocycles. The summed E-state index contributed by atoms with van der Waals surface area (Å²) in [5.41, 5.74) is 2.23. The van der Waals surface area contributed by atoms with Gasteiger partial charge in [-0.1, -0.05) is 38.1 Å². The summed E-state index contributed by atoms with van der Waals surface area (Å²) in [5, 5.41) is 1.80. The number of carbonyl (C=O) groups is 3. The third kappa shape index (κ3) is 6.11. The van der Waals surface area contributed by atoms with Gasteiger partial charge in [-0.15, -0.1) is 11.8 Å². The van der Waals surface area contributed by atoms with Crippen LogP contribution in [0.3, 0.4) is 0 Å². The van der Waals surface area contributed by atoms with Gasteiger partial charge in [0, 0.05) is 56.0 Å². The molecule has 3 heterocycles. The minimum atomic E-state index is -0.686. The van der Waals surface area contributed by atoms with Crippen LogP contribution in [0.2, 0.25) is 0 Å². The number of halogens is 2. The first-order chi connectivity index (χ1) is 19.2. The van der Waals surface area contributed by atoms with Crippen molar-refractivity contribution in [1.82, 2.24) is 14.7 Å². The Balaban J connectivity index is 1.20. The van der Waals surface area contributed by atoms with Crippen molar-refractivity contribution in [3.05, 3.63) is 65.2 Å². The van der Waals surface area contributed by atoms with Crippen molar-refractivity contribution in [1.29, 1.82) is 0 Å². The van der Waals surface area contributed by atoms with E-state index in [1.165, 1.54) is 23.9 Å². The molecule has 2 aromatic carbocycles. The fourth-order valence-electron chi connectivity index (χ4n) is 5.74. The summed E-state index contributed by atoms with van der Waals surface area (Å²) in [7, 11) is 0. The fourth-order valence-corrected chi connectivity index (χ4v) is 7.24. The number of benzene rings is 2. The lowest BCUT2D eigenvalue weighted by molar-refractivity contribution is -0.137. The highest BCUT2D eigenvalue weighted by molar-refractivity contribution is 8.01. The number of carbonyl (C=O) groups excluding carboxylic acids is 3. The zero-order valence-electron chi connectivity index (χ0n) is 22.9. The molecule has 5 rings (SSSR count). The summed E-state index contributed by atoms with van der Waals surface area (Å²) in [6.07, 6.45) is 2.90. The number of nitrogens with one attached hydrogen (secondary N) is 1. The van der Waals surface area contributed by atoms with Crippen molar-refractivity contribution in [2.75, 3.05) is 31.5 Å². The molecular weight excluding hydrogens is 534 g/mol. The van der Waals surface area contributed by atoms with Crippen LogP contribution in [0.1, 0.15) is 56.0 Å². The predicted molar refractivity (Wildman–Crippen MR) is 152 cm³/mol. The molecule has 4 amide bonds. The zero-order chi connectivity index (χ0) is 28.4. The van der Waals surface area contributed by atoms with Crippen LogP contribution in [0, 0.1) is 17.6 Å². The second kappa shape index (κ2) is 12.2. The zero-order valence-corrected chi connectivity index (χ0v) is 23.8. The molecule has 214 valence electrons. The van der Waals surface area contributed by atoms with E-state index in [2.05, 4.69) is 19.2 Å². The third-order valence-corrected chi connectivity index (χ3v) is 9.53. The van der Waals surface area contributed by atoms with E-state index in [-0.39, 0.29) is 35.9 Å². The molecule has 2 atom stereocenters. The van der Waals surface area contributed by atoms with Crippen molar-refractivity contribution in [2.24, 2.45) is 5.92 Å². The molecule has 40 heavy (non-hydrogen) atoms. The van der Waals surface area contributed by atoms with Gasteiger partial charge in [-0.05, 0) is 49.3 Å². The van der Waals surface area contributed by atoms with Gasteiger partial charge in [-0.2, -0.15) is 0 Å². The van der Waals surface area contributed by atoms with Crippen LogP contribution in [-0.4, -0.2) is 70.0 Å². The van der Waals surface area contributed by atoms with E-state index < -0.39 is 22.3 Å². The first-order valence-electron chi connectivity index (χ1n) is 14.1. The van der Waals surface area contributed by atoms with Gasteiger partial charge in [0.2, 0.25) is 11.8 Å². The molecule has 1 N–H and O–H groups in total. The van der Waals surface area contributed by atoms with Gasteiger partial charge in [-0.25, -0.2) is 13.6 Å². The number of hydrogen-bond donors (Lipinski definition) is 1. The van der Waals surface area contributed by atoms with E-state index in [0.29, 0.717) is 44.9 Å². The Hall–Kier alpha value is -3.14. The molecule has 2 unspecified atom stereocenters. The van der Waals surface area contributed by atoms with E-state index in [1.54, 1.807) is 9.80 Å². The van der Waals surface area contributed by atoms with Crippen molar-refractivity contribution in [3.8, 4) is 0 Å². The normalized spacial score (nSPS) is 22.0. The molecule has 0 spiro atoms. The Kier molecular flexibility index (Phi) is 8.63. The Morgan fingerprint density at radius 1 is 1.07 bits per heavy atom. The van der Waals surface area contributed by atoms with Gasteiger partial charge in [0.25, 0.3) is 0 Å². The number of para-hydroxylation sites is 1. The third-order valence-electron chi connectivity index (χ3n) is 8.07. The average Bonchev–Trinajstić information content (AvgIpc) is 3.11. The van der Waals surface area contributed by atoms with Crippen molar-refractivity contribution in [2.45, 2.75) is 62.6 Å². The minimum absolute atomic E-state index is 0.0329. The lowest BCUT2D eigenvalue weighted by atomic mass is 10.0. The van der Waals surface area contributed by atoms with Crippen LogP contribution in [0.25, 0.3) is 0 Å². The smallest absolute Gasteiger partial charge is 0.322 e. The average molecular weight is 571 g/mol. The van der Waals surface area contributed by atoms with E-state index >= 15 is 0 Å². The number of hydrogen-bond acceptors (Lipinski definition) is 4. The number of nitrogens with zero attached hydrogens (tertiary/aromatic N) is 3. The number of anilines is 1. The first kappa shape index (κ1) is 28.4. The molecule has 0 bridgehead atoms. The maximum atomic E-state index is 14.7. The lowest BCUT2D eigenvalue weighted by Crippen LogP contribution is -2.50. The fraction of sp³-hybridized carbons (Fsp3) is 0.500. The highest BCUT2D eigenvalue weighted by Crippen LogP contribution is 2.45. The number of fused-ring (bicyclic) bond motifs is 1. The second-order valence-corrected chi connectivity index (χ2v) is 12.5. The summed E-state index contributed by atoms with van der Waals surface area (Å²) < 4.78 is 28.3. The second-order valence-electron chi connectivity index (χ2n) is 11.2. The number of thioether (sulfide) groups is 1. The predicted octanol–water partition coefficient (Wildman–Crippen LogP) is 5.42. The number of piperidine rings is 1. The van der Waals surface area contributed by atoms with Gasteiger partial charge >= 0.3 is 6.03 Å². The quantitative estimate of drug-likeness (QED) is 0.482. The highest BCUT2D eigenvalue weighted by atomic mass is 32.2. The van der Waals surface area contributed by atoms with E-state index in [9.17, 15) is 23.2 Å². The number of amides is 4. The topological polar surface area (TPSA) is 73.0 Å². The molecular formula is C30H36F2N4O3S. The lowest BCUT2D eigenvalue weighted by Gasteiger charge is -2.38. The Morgan fingerprint density at radius 2 is 1.82 bits per heavy atom. The standard InChI is InChI=1S/C30H36F2N4O3S/c1-19(2)9-15-36-28(38)26(40-29(36)23-8-7-21(31)17-24(23)32)18-27(37)34-13-11-22(12-14-34)35-16-10-20-5-3-4-6-25(20)33-30(35)39/h3-8,17,19,22,26,29H,9-16,18H2,1-2H3,(H,33,39). The van der Waals surface area contributed by atoms with Crippen LogP contribution in [-0.2, 0) is 16.0 Å². The maximum absolute atomic E-state index is 14.7. The van der Waals surface area contributed by atoms with Gasteiger partial charge < -0.3 is 20.0 Å². The summed E-state index contributed by atoms with van der Waals surface area (Å²) in [6.45, 7) is 6.21. The number of urea groups is 1. The molecule has 3 aliphatic heterocycles. The van der Waals surface area contributed by atoms with E-state index in [1.807, 2.05) is 29.2 Å². The van der Waals surface area contributed by atoms with Gasteiger partial charge in [0.05, 0.1) is 5.25 Å². The molecule has 0 aliphatic carbocycles. The van der Waals surface area contributed by atoms with Crippen LogP contribution < -0.4 is 5.32 Å². The van der Waals surface area contributed by atoms with E-state index in [0.717, 1.165) is 30.2 Å². The summed E-state index contributed by atoms with van der Waals surface area (Å²) in [6, 6.07) is 11.2. The first-order valence-corrected chi connectivity index (χ1v) is 15.0. The van der Waals surface area contributed by atoms with Crippen LogP contribution in [0.4, 0.5) is 19.3 Å². The number of likely N-dealkylation sites (tertiary alicyclic amines) is 1. The van der Waals surface area contributed by atoms with Crippen LogP contribution >= 0.6 is 11.8 Å². The molecule has 0 radical (unpaired) electrons. The van der Waals surface area contributed by atoms with Crippen LogP contribution in [0.5, 0.6) is 0 Å². The molecule has 10 heteroatoms. The molecule has 3 aliphatic rings. The van der Waals surface area contributed by atoms with Gasteiger partial charge in [0.15, 0.2) is 0 Å². The maximum Gasteiger partial charge on any atom is 0.322 e. The monoisotopic (exact) mass is 570 g/mol. The summed E-state index contributed by atoms with van der Waals surface area (Å²) in [5.74, 6) is -1.29. The Bertz CT molecular complexity index is 1270. The summed E-state index contributed by atoms with van der Waals surface area (Å²) >= 11 is 1.27.